The lowest BCUT2D eigenvalue weighted by Crippen LogP contribution is -2.46. The zero-order chi connectivity index (χ0) is 30.8. The summed E-state index contributed by atoms with van der Waals surface area (Å²) in [4.78, 5) is 58.0. The third-order valence-corrected chi connectivity index (χ3v) is 8.62. The molecule has 1 N–H and O–H groups in total. The Kier molecular flexibility index (Phi) is 6.86. The second-order valence-electron chi connectivity index (χ2n) is 11.3. The van der Waals surface area contributed by atoms with E-state index in [1.807, 2.05) is 6.92 Å². The maximum Gasteiger partial charge on any atom is 0.454 e. The van der Waals surface area contributed by atoms with Gasteiger partial charge in [0.25, 0.3) is 5.78 Å². The van der Waals surface area contributed by atoms with Crippen molar-refractivity contribution in [1.82, 2.24) is 29.4 Å². The number of Topliss-reactive ketones (excluding diaryl/α,β-unsaturated/α-hetero) is 1. The Morgan fingerprint density at radius 1 is 1.09 bits per heavy atom. The molecule has 0 bridgehead atoms. The summed E-state index contributed by atoms with van der Waals surface area (Å²) in [5.74, 6) is -2.01. The van der Waals surface area contributed by atoms with Gasteiger partial charge in [0.2, 0.25) is 11.8 Å². The number of rotatable bonds is 6. The number of aromatic nitrogens is 5. The Morgan fingerprint density at radius 3 is 2.51 bits per heavy atom. The van der Waals surface area contributed by atoms with Crippen LogP contribution in [0.1, 0.15) is 41.5 Å². The number of carbonyl (C=O) groups is 3. The van der Waals surface area contributed by atoms with Crippen molar-refractivity contribution in [2.24, 2.45) is 5.41 Å². The standard InChI is InChI=1S/C29H25BrF3N7O3/c1-14-4-5-23(30)37-26(14)38-27(43)20-7-28(3)8-22(28)40(20)24(41)13-39-12-18(25(42)29(31,32)33)17-6-19(36-11-21(17)39)16-9-34-15(2)35-10-16/h4-6,9-12,20,22H,7-8,13H2,1-3H3,(H,37,38,43). The van der Waals surface area contributed by atoms with Crippen LogP contribution in [-0.4, -0.2) is 65.3 Å². The number of likely N-dealkylation sites (tertiary alicyclic amines) is 1. The molecule has 0 radical (unpaired) electrons. The Morgan fingerprint density at radius 2 is 1.81 bits per heavy atom. The molecule has 1 saturated heterocycles. The van der Waals surface area contributed by atoms with Crippen LogP contribution in [0.5, 0.6) is 0 Å². The van der Waals surface area contributed by atoms with E-state index in [1.165, 1.54) is 34.1 Å². The smallest absolute Gasteiger partial charge is 0.336 e. The first-order chi connectivity index (χ1) is 20.2. The van der Waals surface area contributed by atoms with Gasteiger partial charge in [-0.15, -0.1) is 0 Å². The highest BCUT2D eigenvalue weighted by atomic mass is 79.9. The van der Waals surface area contributed by atoms with Gasteiger partial charge in [-0.1, -0.05) is 13.0 Å². The predicted molar refractivity (Wildman–Crippen MR) is 153 cm³/mol. The molecule has 1 aliphatic heterocycles. The van der Waals surface area contributed by atoms with E-state index in [0.29, 0.717) is 34.7 Å². The van der Waals surface area contributed by atoms with Crippen molar-refractivity contribution in [2.45, 2.75) is 58.4 Å². The van der Waals surface area contributed by atoms with E-state index >= 15 is 0 Å². The Balaban J connectivity index is 1.33. The Labute approximate surface area is 251 Å². The Hall–Kier alpha value is -4.20. The van der Waals surface area contributed by atoms with Crippen molar-refractivity contribution < 1.29 is 27.6 Å². The highest BCUT2D eigenvalue weighted by Gasteiger charge is 2.64. The number of nitrogens with zero attached hydrogens (tertiary/aromatic N) is 6. The van der Waals surface area contributed by atoms with E-state index in [2.05, 4.69) is 41.2 Å². The van der Waals surface area contributed by atoms with Crippen molar-refractivity contribution in [3.63, 3.8) is 0 Å². The van der Waals surface area contributed by atoms with E-state index in [9.17, 15) is 27.6 Å². The van der Waals surface area contributed by atoms with Gasteiger partial charge in [-0.25, -0.2) is 15.0 Å². The van der Waals surface area contributed by atoms with E-state index < -0.39 is 35.4 Å². The lowest BCUT2D eigenvalue weighted by Gasteiger charge is -2.27. The first-order valence-corrected chi connectivity index (χ1v) is 14.2. The molecule has 0 spiro atoms. The SMILES string of the molecule is Cc1ncc(-c2cc3c(C(=O)C(F)(F)F)cn(CC(=O)N4C(C(=O)Nc5nc(Br)ccc5C)CC5(C)CC45)c3cn2)cn1. The fourth-order valence-corrected chi connectivity index (χ4v) is 6.06. The van der Waals surface area contributed by atoms with E-state index in [-0.39, 0.29) is 34.6 Å². The van der Waals surface area contributed by atoms with Crippen LogP contribution in [0.15, 0.2) is 47.6 Å². The summed E-state index contributed by atoms with van der Waals surface area (Å²) in [6, 6.07) is 3.93. The van der Waals surface area contributed by atoms with Gasteiger partial charge >= 0.3 is 6.18 Å². The summed E-state index contributed by atoms with van der Waals surface area (Å²) < 4.78 is 42.6. The van der Waals surface area contributed by atoms with Crippen LogP contribution < -0.4 is 5.32 Å². The summed E-state index contributed by atoms with van der Waals surface area (Å²) in [6.07, 6.45) is 1.34. The number of alkyl halides is 3. The van der Waals surface area contributed by atoms with Gasteiger partial charge in [0.1, 0.15) is 28.8 Å². The number of halogens is 4. The highest BCUT2D eigenvalue weighted by molar-refractivity contribution is 9.10. The van der Waals surface area contributed by atoms with E-state index in [4.69, 9.17) is 0 Å². The number of ketones is 1. The van der Waals surface area contributed by atoms with Gasteiger partial charge in [-0.3, -0.25) is 19.4 Å². The minimum Gasteiger partial charge on any atom is -0.336 e. The minimum absolute atomic E-state index is 0.0103. The van der Waals surface area contributed by atoms with Crippen molar-refractivity contribution in [3.05, 3.63) is 64.5 Å². The molecule has 3 atom stereocenters. The molecule has 14 heteroatoms. The second kappa shape index (κ2) is 10.2. The fourth-order valence-electron chi connectivity index (χ4n) is 5.75. The van der Waals surface area contributed by atoms with Gasteiger partial charge in [0.15, 0.2) is 0 Å². The fraction of sp³-hybridized carbons (Fsp3) is 0.345. The monoisotopic (exact) mass is 655 g/mol. The first-order valence-electron chi connectivity index (χ1n) is 13.4. The maximum atomic E-state index is 13.8. The maximum absolute atomic E-state index is 13.8. The molecule has 6 rings (SSSR count). The number of amides is 2. The molecule has 3 unspecified atom stereocenters. The molecule has 1 saturated carbocycles. The average molecular weight is 656 g/mol. The molecule has 222 valence electrons. The number of anilines is 1. The molecule has 2 aliphatic rings. The van der Waals surface area contributed by atoms with E-state index in [0.717, 1.165) is 11.8 Å². The van der Waals surface area contributed by atoms with Crippen LogP contribution >= 0.6 is 15.9 Å². The van der Waals surface area contributed by atoms with Crippen molar-refractivity contribution >= 4 is 50.2 Å². The molecule has 10 nitrogen and oxygen atoms in total. The quantitative estimate of drug-likeness (QED) is 0.228. The normalized spacial score (nSPS) is 21.1. The van der Waals surface area contributed by atoms with Gasteiger partial charge in [0.05, 0.1) is 23.0 Å². The third kappa shape index (κ3) is 5.28. The van der Waals surface area contributed by atoms with Gasteiger partial charge in [-0.05, 0) is 65.7 Å². The van der Waals surface area contributed by atoms with Crippen LogP contribution in [0, 0.1) is 19.3 Å². The average Bonchev–Trinajstić information content (AvgIpc) is 3.32. The van der Waals surface area contributed by atoms with Gasteiger partial charge in [-0.2, -0.15) is 13.2 Å². The number of hydrogen-bond donors (Lipinski definition) is 1. The highest BCUT2D eigenvalue weighted by Crippen LogP contribution is 2.59. The molecular formula is C29H25BrF3N7O3. The van der Waals surface area contributed by atoms with Crippen molar-refractivity contribution in [2.75, 3.05) is 5.32 Å². The van der Waals surface area contributed by atoms with Crippen LogP contribution in [-0.2, 0) is 16.1 Å². The zero-order valence-electron chi connectivity index (χ0n) is 23.2. The molecular weight excluding hydrogens is 631 g/mol. The van der Waals surface area contributed by atoms with Crippen LogP contribution in [0.25, 0.3) is 22.2 Å². The largest absolute Gasteiger partial charge is 0.454 e. The molecule has 2 fully saturated rings. The number of aryl methyl sites for hydroxylation is 2. The second-order valence-corrected chi connectivity index (χ2v) is 12.1. The molecule has 5 heterocycles. The summed E-state index contributed by atoms with van der Waals surface area (Å²) in [6.45, 7) is 5.10. The number of pyridine rings is 2. The van der Waals surface area contributed by atoms with Crippen LogP contribution in [0.4, 0.5) is 19.0 Å². The van der Waals surface area contributed by atoms with Gasteiger partial charge in [0, 0.05) is 35.6 Å². The summed E-state index contributed by atoms with van der Waals surface area (Å²) >= 11 is 3.30. The minimum atomic E-state index is -5.13. The van der Waals surface area contributed by atoms with Crippen LogP contribution in [0.2, 0.25) is 0 Å². The first kappa shape index (κ1) is 28.9. The number of hydrogen-bond acceptors (Lipinski definition) is 7. The lowest BCUT2D eigenvalue weighted by atomic mass is 10.0. The Bertz CT molecular complexity index is 1810. The lowest BCUT2D eigenvalue weighted by molar-refractivity contribution is -0.138. The molecule has 4 aromatic heterocycles. The number of fused-ring (bicyclic) bond motifs is 2. The molecule has 2 amide bonds. The summed E-state index contributed by atoms with van der Waals surface area (Å²) in [5.41, 5.74) is 0.805. The number of carbonyl (C=O) groups excluding carboxylic acids is 3. The zero-order valence-corrected chi connectivity index (χ0v) is 24.8. The molecule has 43 heavy (non-hydrogen) atoms. The summed E-state index contributed by atoms with van der Waals surface area (Å²) in [7, 11) is 0. The number of nitrogens with one attached hydrogen (secondary N) is 1. The van der Waals surface area contributed by atoms with Crippen molar-refractivity contribution in [3.8, 4) is 11.3 Å². The summed E-state index contributed by atoms with van der Waals surface area (Å²) in [5, 5.41) is 2.81. The molecule has 4 aromatic rings. The van der Waals surface area contributed by atoms with Crippen molar-refractivity contribution in [1.29, 1.82) is 0 Å². The molecule has 1 aliphatic carbocycles. The predicted octanol–water partition coefficient (Wildman–Crippen LogP) is 5.03. The van der Waals surface area contributed by atoms with Gasteiger partial charge < -0.3 is 14.8 Å². The van der Waals surface area contributed by atoms with E-state index in [1.54, 1.807) is 26.0 Å². The topological polar surface area (TPSA) is 123 Å². The van der Waals surface area contributed by atoms with Crippen LogP contribution in [0.3, 0.4) is 0 Å². The third-order valence-electron chi connectivity index (χ3n) is 8.18. The molecule has 0 aromatic carbocycles. The number of piperidine rings is 1.